The number of benzene rings is 1. The van der Waals surface area contributed by atoms with E-state index in [0.29, 0.717) is 17.0 Å². The molecule has 6 heteroatoms. The molecule has 118 valence electrons. The molecule has 0 spiro atoms. The molecule has 4 nitrogen and oxygen atoms in total. The van der Waals surface area contributed by atoms with Crippen molar-refractivity contribution in [2.75, 3.05) is 11.1 Å². The molecule has 1 saturated carbocycles. The van der Waals surface area contributed by atoms with Crippen molar-refractivity contribution in [1.29, 1.82) is 0 Å². The van der Waals surface area contributed by atoms with E-state index in [1.165, 1.54) is 18.5 Å². The molecule has 1 aromatic carbocycles. The molecule has 0 aliphatic heterocycles. The van der Waals surface area contributed by atoms with Crippen molar-refractivity contribution in [2.24, 2.45) is 0 Å². The lowest BCUT2D eigenvalue weighted by atomic mass is 9.95. The highest BCUT2D eigenvalue weighted by Gasteiger charge is 2.26. The smallest absolute Gasteiger partial charge is 0.137 e. The zero-order valence-electron chi connectivity index (χ0n) is 12.6. The van der Waals surface area contributed by atoms with E-state index in [1.54, 1.807) is 6.07 Å². The second-order valence-corrected chi connectivity index (χ2v) is 7.69. The van der Waals surface area contributed by atoms with E-state index in [2.05, 4.69) is 15.3 Å². The van der Waals surface area contributed by atoms with Gasteiger partial charge in [0.15, 0.2) is 0 Å². The molecule has 3 rings (SSSR count). The molecule has 22 heavy (non-hydrogen) atoms. The van der Waals surface area contributed by atoms with Gasteiger partial charge in [0.2, 0.25) is 0 Å². The Labute approximate surface area is 132 Å². The second kappa shape index (κ2) is 6.69. The first-order chi connectivity index (χ1) is 10.7. The van der Waals surface area contributed by atoms with Crippen LogP contribution in [0.3, 0.4) is 0 Å². The maximum absolute atomic E-state index is 13.5. The average molecular weight is 321 g/mol. The van der Waals surface area contributed by atoms with Crippen LogP contribution in [0, 0.1) is 5.82 Å². The summed E-state index contributed by atoms with van der Waals surface area (Å²) >= 11 is 0. The van der Waals surface area contributed by atoms with E-state index in [1.807, 2.05) is 6.92 Å². The minimum absolute atomic E-state index is 0.232. The molecule has 1 fully saturated rings. The number of hydrogen-bond acceptors (Lipinski definition) is 4. The fraction of sp³-hybridized carbons (Fsp3) is 0.500. The van der Waals surface area contributed by atoms with Gasteiger partial charge in [-0.05, 0) is 37.5 Å². The van der Waals surface area contributed by atoms with Gasteiger partial charge in [-0.15, -0.1) is 0 Å². The second-order valence-electron chi connectivity index (χ2n) is 5.68. The number of rotatable bonds is 4. The molecule has 1 aromatic heterocycles. The Morgan fingerprint density at radius 1 is 1.36 bits per heavy atom. The minimum atomic E-state index is -0.756. The maximum Gasteiger partial charge on any atom is 0.137 e. The number of aromatic nitrogens is 2. The van der Waals surface area contributed by atoms with Crippen LogP contribution in [0.15, 0.2) is 24.5 Å². The van der Waals surface area contributed by atoms with Gasteiger partial charge >= 0.3 is 0 Å². The van der Waals surface area contributed by atoms with Gasteiger partial charge in [-0.2, -0.15) is 0 Å². The van der Waals surface area contributed by atoms with Gasteiger partial charge in [-0.3, -0.25) is 4.21 Å². The highest BCUT2D eigenvalue weighted by Crippen LogP contribution is 2.27. The quantitative estimate of drug-likeness (QED) is 0.939. The Bertz CT molecular complexity index is 694. The van der Waals surface area contributed by atoms with E-state index in [0.717, 1.165) is 31.2 Å². The van der Waals surface area contributed by atoms with Crippen molar-refractivity contribution in [3.05, 3.63) is 30.3 Å². The average Bonchev–Trinajstić information content (AvgIpc) is 2.55. The SMILES string of the molecule is CCS(=O)C1CCCC(Nc2ncnc3ccc(F)cc23)C1. The third-order valence-electron chi connectivity index (χ3n) is 4.22. The Morgan fingerprint density at radius 2 is 2.23 bits per heavy atom. The fourth-order valence-corrected chi connectivity index (χ4v) is 4.44. The highest BCUT2D eigenvalue weighted by atomic mass is 32.2. The van der Waals surface area contributed by atoms with E-state index < -0.39 is 10.8 Å². The van der Waals surface area contributed by atoms with Crippen LogP contribution in [0.25, 0.3) is 10.9 Å². The summed E-state index contributed by atoms with van der Waals surface area (Å²) < 4.78 is 25.5. The first-order valence-electron chi connectivity index (χ1n) is 7.71. The normalized spacial score (nSPS) is 23.4. The lowest BCUT2D eigenvalue weighted by Crippen LogP contribution is -2.33. The molecule has 0 bridgehead atoms. The summed E-state index contributed by atoms with van der Waals surface area (Å²) in [5, 5.41) is 4.35. The molecule has 0 amide bonds. The first-order valence-corrected chi connectivity index (χ1v) is 9.09. The minimum Gasteiger partial charge on any atom is -0.367 e. The fourth-order valence-electron chi connectivity index (χ4n) is 3.09. The van der Waals surface area contributed by atoms with Gasteiger partial charge in [-0.1, -0.05) is 13.3 Å². The van der Waals surface area contributed by atoms with Crippen molar-refractivity contribution in [3.63, 3.8) is 0 Å². The van der Waals surface area contributed by atoms with Gasteiger partial charge in [0.25, 0.3) is 0 Å². The summed E-state index contributed by atoms with van der Waals surface area (Å²) in [7, 11) is -0.756. The van der Waals surface area contributed by atoms with Crippen molar-refractivity contribution in [3.8, 4) is 0 Å². The van der Waals surface area contributed by atoms with Crippen LogP contribution < -0.4 is 5.32 Å². The molecule has 2 aromatic rings. The number of nitrogens with zero attached hydrogens (tertiary/aromatic N) is 2. The molecule has 0 radical (unpaired) electrons. The van der Waals surface area contributed by atoms with Crippen molar-refractivity contribution in [2.45, 2.75) is 43.9 Å². The molecule has 1 aliphatic carbocycles. The van der Waals surface area contributed by atoms with E-state index in [-0.39, 0.29) is 17.1 Å². The topological polar surface area (TPSA) is 54.9 Å². The highest BCUT2D eigenvalue weighted by molar-refractivity contribution is 7.85. The third kappa shape index (κ3) is 3.27. The Morgan fingerprint density at radius 3 is 3.05 bits per heavy atom. The molecule has 1 heterocycles. The molecule has 3 atom stereocenters. The zero-order valence-corrected chi connectivity index (χ0v) is 13.4. The van der Waals surface area contributed by atoms with Crippen LogP contribution in [-0.4, -0.2) is 31.2 Å². The van der Waals surface area contributed by atoms with Crippen molar-refractivity contribution < 1.29 is 8.60 Å². The number of hydrogen-bond donors (Lipinski definition) is 1. The monoisotopic (exact) mass is 321 g/mol. The van der Waals surface area contributed by atoms with Crippen LogP contribution in [-0.2, 0) is 10.8 Å². The van der Waals surface area contributed by atoms with Gasteiger partial charge in [0.05, 0.1) is 5.52 Å². The Hall–Kier alpha value is -1.56. The van der Waals surface area contributed by atoms with Gasteiger partial charge in [0.1, 0.15) is 18.0 Å². The van der Waals surface area contributed by atoms with E-state index in [9.17, 15) is 8.60 Å². The predicted molar refractivity (Wildman–Crippen MR) is 87.8 cm³/mol. The molecule has 1 aliphatic rings. The predicted octanol–water partition coefficient (Wildman–Crippen LogP) is 3.26. The summed E-state index contributed by atoms with van der Waals surface area (Å²) in [6.45, 7) is 1.97. The molecule has 3 unspecified atom stereocenters. The summed E-state index contributed by atoms with van der Waals surface area (Å²) in [4.78, 5) is 8.43. The van der Waals surface area contributed by atoms with Gasteiger partial charge in [0, 0.05) is 33.2 Å². The summed E-state index contributed by atoms with van der Waals surface area (Å²) in [6, 6.07) is 4.76. The first kappa shape index (κ1) is 15.3. The number of nitrogens with one attached hydrogen (secondary N) is 1. The van der Waals surface area contributed by atoms with Crippen LogP contribution in [0.5, 0.6) is 0 Å². The maximum atomic E-state index is 13.5. The number of anilines is 1. The Kier molecular flexibility index (Phi) is 4.66. The van der Waals surface area contributed by atoms with Crippen molar-refractivity contribution in [1.82, 2.24) is 9.97 Å². The van der Waals surface area contributed by atoms with E-state index in [4.69, 9.17) is 0 Å². The third-order valence-corrected chi connectivity index (χ3v) is 5.96. The van der Waals surface area contributed by atoms with Crippen molar-refractivity contribution >= 4 is 27.5 Å². The zero-order chi connectivity index (χ0) is 15.5. The molecular weight excluding hydrogens is 301 g/mol. The van der Waals surface area contributed by atoms with Crippen LogP contribution in [0.1, 0.15) is 32.6 Å². The molecule has 0 saturated heterocycles. The standard InChI is InChI=1S/C16H20FN3OS/c1-2-22(21)13-5-3-4-12(9-13)20-16-14-8-11(17)6-7-15(14)18-10-19-16/h6-8,10,12-13H,2-5,9H2,1H3,(H,18,19,20). The number of fused-ring (bicyclic) bond motifs is 1. The Balaban J connectivity index is 1.81. The molecular formula is C16H20FN3OS. The summed E-state index contributed by atoms with van der Waals surface area (Å²) in [5.74, 6) is 1.08. The summed E-state index contributed by atoms with van der Waals surface area (Å²) in [5.41, 5.74) is 0.725. The van der Waals surface area contributed by atoms with Crippen LogP contribution in [0.4, 0.5) is 10.2 Å². The molecule has 1 N–H and O–H groups in total. The van der Waals surface area contributed by atoms with Gasteiger partial charge in [-0.25, -0.2) is 14.4 Å². The lowest BCUT2D eigenvalue weighted by Gasteiger charge is -2.29. The lowest BCUT2D eigenvalue weighted by molar-refractivity contribution is 0.464. The van der Waals surface area contributed by atoms with E-state index >= 15 is 0 Å². The number of halogens is 1. The largest absolute Gasteiger partial charge is 0.367 e. The van der Waals surface area contributed by atoms with Crippen LogP contribution >= 0.6 is 0 Å². The van der Waals surface area contributed by atoms with Gasteiger partial charge < -0.3 is 5.32 Å². The summed E-state index contributed by atoms with van der Waals surface area (Å²) in [6.07, 6.45) is 5.48. The van der Waals surface area contributed by atoms with Crippen LogP contribution in [0.2, 0.25) is 0 Å².